The summed E-state index contributed by atoms with van der Waals surface area (Å²) in [4.78, 5) is 13.2. The van der Waals surface area contributed by atoms with Crippen molar-refractivity contribution >= 4 is 73.2 Å². The second-order valence-corrected chi connectivity index (χ2v) is 8.60. The lowest BCUT2D eigenvalue weighted by molar-refractivity contribution is -0.122. The molecule has 1 amide bonds. The van der Waals surface area contributed by atoms with Gasteiger partial charge in [0.25, 0.3) is 5.91 Å². The first-order valence-electron chi connectivity index (χ1n) is 8.31. The molecular weight excluding hydrogens is 456 g/mol. The van der Waals surface area contributed by atoms with E-state index in [-0.39, 0.29) is 11.7 Å². The second-order valence-electron chi connectivity index (χ2n) is 6.01. The fourth-order valence-corrected chi connectivity index (χ4v) is 4.43. The van der Waals surface area contributed by atoms with Gasteiger partial charge >= 0.3 is 0 Å². The van der Waals surface area contributed by atoms with Crippen molar-refractivity contribution in [1.29, 1.82) is 0 Å². The number of rotatable bonds is 3. The van der Waals surface area contributed by atoms with Crippen molar-refractivity contribution in [3.05, 3.63) is 81.2 Å². The molecule has 3 aromatic carbocycles. The van der Waals surface area contributed by atoms with Crippen molar-refractivity contribution < 1.29 is 9.90 Å². The van der Waals surface area contributed by atoms with Crippen LogP contribution in [0.15, 0.2) is 75.1 Å². The SMILES string of the molecule is O=C1C(=Cc2cccc(Br)c2)SC(=S)N1N=Cc1c(O)ccc2ccccc12. The summed E-state index contributed by atoms with van der Waals surface area (Å²) in [5.74, 6) is -0.191. The molecule has 1 aliphatic rings. The minimum absolute atomic E-state index is 0.0950. The van der Waals surface area contributed by atoms with E-state index < -0.39 is 0 Å². The number of aromatic hydroxyl groups is 1. The number of nitrogens with zero attached hydrogens (tertiary/aromatic N) is 2. The Labute approximate surface area is 179 Å². The number of phenolic OH excluding ortho intramolecular Hbond substituents is 1. The van der Waals surface area contributed by atoms with Gasteiger partial charge in [-0.25, -0.2) is 0 Å². The average Bonchev–Trinajstić information content (AvgIpc) is 2.94. The van der Waals surface area contributed by atoms with E-state index in [0.29, 0.717) is 14.8 Å². The molecule has 1 aliphatic heterocycles. The zero-order chi connectivity index (χ0) is 19.7. The van der Waals surface area contributed by atoms with Crippen molar-refractivity contribution in [2.45, 2.75) is 0 Å². The van der Waals surface area contributed by atoms with Crippen LogP contribution < -0.4 is 0 Å². The fraction of sp³-hybridized carbons (Fsp3) is 0. The molecule has 138 valence electrons. The van der Waals surface area contributed by atoms with Gasteiger partial charge < -0.3 is 5.11 Å². The van der Waals surface area contributed by atoms with Crippen LogP contribution in [0, 0.1) is 0 Å². The summed E-state index contributed by atoms with van der Waals surface area (Å²) < 4.78 is 1.28. The lowest BCUT2D eigenvalue weighted by Gasteiger charge is -2.08. The van der Waals surface area contributed by atoms with E-state index >= 15 is 0 Å². The van der Waals surface area contributed by atoms with Gasteiger partial charge in [-0.15, -0.1) is 0 Å². The first-order chi connectivity index (χ1) is 13.5. The number of thiocarbonyl (C=S) groups is 1. The standard InChI is InChI=1S/C21H13BrN2O2S2/c22-15-6-3-4-13(10-15)11-19-20(26)24(21(27)28-19)23-12-17-16-7-2-1-5-14(16)8-9-18(17)25/h1-12,25H. The van der Waals surface area contributed by atoms with E-state index in [0.717, 1.165) is 20.8 Å². The van der Waals surface area contributed by atoms with Gasteiger partial charge in [0, 0.05) is 10.0 Å². The molecule has 0 radical (unpaired) electrons. The molecule has 0 aromatic heterocycles. The highest BCUT2D eigenvalue weighted by Crippen LogP contribution is 2.33. The first-order valence-corrected chi connectivity index (χ1v) is 10.3. The van der Waals surface area contributed by atoms with Crippen LogP contribution >= 0.6 is 39.9 Å². The Balaban J connectivity index is 1.65. The zero-order valence-corrected chi connectivity index (χ0v) is 17.6. The van der Waals surface area contributed by atoms with Gasteiger partial charge in [0.05, 0.1) is 11.1 Å². The third-order valence-electron chi connectivity index (χ3n) is 4.17. The number of halogens is 1. The highest BCUT2D eigenvalue weighted by Gasteiger charge is 2.32. The Morgan fingerprint density at radius 1 is 1.11 bits per heavy atom. The van der Waals surface area contributed by atoms with Gasteiger partial charge in [0.15, 0.2) is 4.32 Å². The molecule has 0 atom stereocenters. The molecule has 1 heterocycles. The number of phenols is 1. The molecular formula is C21H13BrN2O2S2. The Morgan fingerprint density at radius 2 is 1.93 bits per heavy atom. The minimum Gasteiger partial charge on any atom is -0.507 e. The van der Waals surface area contributed by atoms with E-state index in [4.69, 9.17) is 12.2 Å². The van der Waals surface area contributed by atoms with Crippen molar-refractivity contribution in [1.82, 2.24) is 5.01 Å². The Bertz CT molecular complexity index is 1170. The van der Waals surface area contributed by atoms with E-state index in [2.05, 4.69) is 21.0 Å². The molecule has 4 rings (SSSR count). The smallest absolute Gasteiger partial charge is 0.286 e. The second kappa shape index (κ2) is 7.87. The Hall–Kier alpha value is -2.48. The largest absolute Gasteiger partial charge is 0.507 e. The van der Waals surface area contributed by atoms with Crippen LogP contribution in [-0.4, -0.2) is 26.6 Å². The average molecular weight is 469 g/mol. The number of amides is 1. The van der Waals surface area contributed by atoms with Gasteiger partial charge in [-0.1, -0.05) is 70.2 Å². The van der Waals surface area contributed by atoms with Crippen LogP contribution in [0.2, 0.25) is 0 Å². The van der Waals surface area contributed by atoms with Crippen LogP contribution in [0.25, 0.3) is 16.8 Å². The van der Waals surface area contributed by atoms with Crippen LogP contribution in [0.3, 0.4) is 0 Å². The summed E-state index contributed by atoms with van der Waals surface area (Å²) in [7, 11) is 0. The van der Waals surface area contributed by atoms with E-state index in [9.17, 15) is 9.90 Å². The summed E-state index contributed by atoms with van der Waals surface area (Å²) in [6.07, 6.45) is 3.26. The predicted octanol–water partition coefficient (Wildman–Crippen LogP) is 5.54. The summed E-state index contributed by atoms with van der Waals surface area (Å²) in [6.45, 7) is 0. The molecule has 0 spiro atoms. The van der Waals surface area contributed by atoms with Gasteiger partial charge in [-0.2, -0.15) is 10.1 Å². The van der Waals surface area contributed by atoms with Crippen LogP contribution in [0.4, 0.5) is 0 Å². The third kappa shape index (κ3) is 3.73. The third-order valence-corrected chi connectivity index (χ3v) is 5.95. The van der Waals surface area contributed by atoms with Gasteiger partial charge in [0.2, 0.25) is 0 Å². The predicted molar refractivity (Wildman–Crippen MR) is 122 cm³/mol. The molecule has 3 aromatic rings. The van der Waals surface area contributed by atoms with E-state index in [1.165, 1.54) is 23.0 Å². The quantitative estimate of drug-likeness (QED) is 0.311. The summed E-state index contributed by atoms with van der Waals surface area (Å²) in [6, 6.07) is 18.8. The topological polar surface area (TPSA) is 52.9 Å². The van der Waals surface area contributed by atoms with Gasteiger partial charge in [0.1, 0.15) is 5.75 Å². The summed E-state index contributed by atoms with van der Waals surface area (Å²) >= 11 is 9.95. The molecule has 1 fully saturated rings. The van der Waals surface area contributed by atoms with Crippen molar-refractivity contribution in [2.24, 2.45) is 5.10 Å². The molecule has 4 nitrogen and oxygen atoms in total. The maximum atomic E-state index is 12.7. The minimum atomic E-state index is -0.286. The maximum Gasteiger partial charge on any atom is 0.286 e. The van der Waals surface area contributed by atoms with Crippen molar-refractivity contribution in [3.63, 3.8) is 0 Å². The monoisotopic (exact) mass is 468 g/mol. The molecule has 0 saturated carbocycles. The van der Waals surface area contributed by atoms with E-state index in [1.54, 1.807) is 12.1 Å². The molecule has 0 aliphatic carbocycles. The number of thioether (sulfide) groups is 1. The normalized spacial score (nSPS) is 16.0. The van der Waals surface area contributed by atoms with Gasteiger partial charge in [-0.3, -0.25) is 4.79 Å². The highest BCUT2D eigenvalue weighted by atomic mass is 79.9. The molecule has 7 heteroatoms. The zero-order valence-electron chi connectivity index (χ0n) is 14.4. The highest BCUT2D eigenvalue weighted by molar-refractivity contribution is 9.10. The van der Waals surface area contributed by atoms with Crippen LogP contribution in [0.5, 0.6) is 5.75 Å². The summed E-state index contributed by atoms with van der Waals surface area (Å²) in [5, 5.41) is 17.5. The lowest BCUT2D eigenvalue weighted by Crippen LogP contribution is -2.22. The first kappa shape index (κ1) is 18.9. The molecule has 1 N–H and O–H groups in total. The number of hydrogen-bond acceptors (Lipinski definition) is 5. The molecule has 0 unspecified atom stereocenters. The number of carbonyl (C=O) groups excluding carboxylic acids is 1. The Morgan fingerprint density at radius 3 is 2.75 bits per heavy atom. The molecule has 0 bridgehead atoms. The van der Waals surface area contributed by atoms with Crippen molar-refractivity contribution in [2.75, 3.05) is 0 Å². The van der Waals surface area contributed by atoms with Gasteiger partial charge in [-0.05, 0) is 52.8 Å². The number of hydrogen-bond donors (Lipinski definition) is 1. The van der Waals surface area contributed by atoms with E-state index in [1.807, 2.05) is 54.6 Å². The molecule has 28 heavy (non-hydrogen) atoms. The van der Waals surface area contributed by atoms with Crippen molar-refractivity contribution in [3.8, 4) is 5.75 Å². The number of fused-ring (bicyclic) bond motifs is 1. The number of carbonyl (C=O) groups is 1. The molecule has 1 saturated heterocycles. The lowest BCUT2D eigenvalue weighted by atomic mass is 10.0. The maximum absolute atomic E-state index is 12.7. The van der Waals surface area contributed by atoms with Crippen LogP contribution in [-0.2, 0) is 4.79 Å². The summed E-state index contributed by atoms with van der Waals surface area (Å²) in [5.41, 5.74) is 1.44. The number of hydrazone groups is 1. The Kier molecular flexibility index (Phi) is 5.30. The number of benzene rings is 3. The fourth-order valence-electron chi connectivity index (χ4n) is 2.84. The van der Waals surface area contributed by atoms with Crippen LogP contribution in [0.1, 0.15) is 11.1 Å².